The van der Waals surface area contributed by atoms with Crippen molar-refractivity contribution >= 4 is 23.2 Å². The summed E-state index contributed by atoms with van der Waals surface area (Å²) in [4.78, 5) is 24.2. The van der Waals surface area contributed by atoms with E-state index in [9.17, 15) is 22.8 Å². The number of halogens is 3. The Labute approximate surface area is 155 Å². The molecule has 2 amide bonds. The standard InChI is InChI=1S/C20H21F3N2O2/c1-3-13-6-5-7-14(4-2)19(13)25-18(27)12-17(26)24-16-10-8-15(9-11-16)20(21,22)23/h5-11H,3-4,12H2,1-2H3,(H,24,26)(H,25,27). The van der Waals surface area contributed by atoms with E-state index in [1.165, 1.54) is 0 Å². The Morgan fingerprint density at radius 2 is 1.37 bits per heavy atom. The number of hydrogen-bond acceptors (Lipinski definition) is 2. The van der Waals surface area contributed by atoms with Crippen LogP contribution in [-0.2, 0) is 28.6 Å². The van der Waals surface area contributed by atoms with Gasteiger partial charge in [0.15, 0.2) is 0 Å². The van der Waals surface area contributed by atoms with E-state index in [1.54, 1.807) is 0 Å². The van der Waals surface area contributed by atoms with Crippen LogP contribution in [0.3, 0.4) is 0 Å². The Balaban J connectivity index is 1.99. The van der Waals surface area contributed by atoms with E-state index >= 15 is 0 Å². The van der Waals surface area contributed by atoms with Crippen molar-refractivity contribution in [2.45, 2.75) is 39.3 Å². The molecule has 0 unspecified atom stereocenters. The first kappa shape index (κ1) is 20.5. The van der Waals surface area contributed by atoms with Crippen LogP contribution in [0.15, 0.2) is 42.5 Å². The molecular weight excluding hydrogens is 357 g/mol. The summed E-state index contributed by atoms with van der Waals surface area (Å²) in [7, 11) is 0. The second-order valence-electron chi connectivity index (χ2n) is 6.01. The molecule has 0 aliphatic carbocycles. The van der Waals surface area contributed by atoms with Gasteiger partial charge in [-0.2, -0.15) is 13.2 Å². The third kappa shape index (κ3) is 5.57. The summed E-state index contributed by atoms with van der Waals surface area (Å²) >= 11 is 0. The topological polar surface area (TPSA) is 58.2 Å². The van der Waals surface area contributed by atoms with E-state index in [2.05, 4.69) is 10.6 Å². The molecule has 0 saturated heterocycles. The average molecular weight is 378 g/mol. The molecule has 27 heavy (non-hydrogen) atoms. The Kier molecular flexibility index (Phi) is 6.60. The largest absolute Gasteiger partial charge is 0.416 e. The number of benzene rings is 2. The molecule has 0 aliphatic rings. The Morgan fingerprint density at radius 3 is 1.85 bits per heavy atom. The van der Waals surface area contributed by atoms with E-state index in [0.717, 1.165) is 53.9 Å². The maximum Gasteiger partial charge on any atom is 0.416 e. The highest BCUT2D eigenvalue weighted by atomic mass is 19.4. The summed E-state index contributed by atoms with van der Waals surface area (Å²) in [5.41, 5.74) is 2.07. The van der Waals surface area contributed by atoms with Crippen LogP contribution in [0.25, 0.3) is 0 Å². The predicted octanol–water partition coefficient (Wildman–Crippen LogP) is 4.80. The molecule has 2 aromatic rings. The van der Waals surface area contributed by atoms with Crippen molar-refractivity contribution in [3.63, 3.8) is 0 Å². The molecule has 0 atom stereocenters. The third-order valence-corrected chi connectivity index (χ3v) is 4.08. The van der Waals surface area contributed by atoms with Crippen LogP contribution in [0.5, 0.6) is 0 Å². The molecule has 0 spiro atoms. The van der Waals surface area contributed by atoms with Crippen molar-refractivity contribution in [1.29, 1.82) is 0 Å². The van der Waals surface area contributed by atoms with E-state index in [1.807, 2.05) is 32.0 Å². The Hall–Kier alpha value is -2.83. The van der Waals surface area contributed by atoms with Gasteiger partial charge in [0.05, 0.1) is 5.56 Å². The number of carbonyl (C=O) groups is 2. The van der Waals surface area contributed by atoms with Crippen LogP contribution in [0.1, 0.15) is 37.0 Å². The lowest BCUT2D eigenvalue weighted by atomic mass is 10.0. The van der Waals surface area contributed by atoms with Crippen molar-refractivity contribution in [2.24, 2.45) is 0 Å². The number of amides is 2. The van der Waals surface area contributed by atoms with E-state index in [0.29, 0.717) is 0 Å². The van der Waals surface area contributed by atoms with E-state index in [4.69, 9.17) is 0 Å². The first-order valence-electron chi connectivity index (χ1n) is 8.62. The molecule has 0 fully saturated rings. The molecule has 144 valence electrons. The van der Waals surface area contributed by atoms with Crippen molar-refractivity contribution in [1.82, 2.24) is 0 Å². The van der Waals surface area contributed by atoms with Gasteiger partial charge < -0.3 is 10.6 Å². The van der Waals surface area contributed by atoms with Gasteiger partial charge in [0.1, 0.15) is 6.42 Å². The smallest absolute Gasteiger partial charge is 0.326 e. The molecule has 0 heterocycles. The highest BCUT2D eigenvalue weighted by molar-refractivity contribution is 6.08. The predicted molar refractivity (Wildman–Crippen MR) is 98.5 cm³/mol. The molecule has 7 heteroatoms. The molecule has 0 saturated carbocycles. The lowest BCUT2D eigenvalue weighted by Gasteiger charge is -2.14. The van der Waals surface area contributed by atoms with Gasteiger partial charge in [-0.3, -0.25) is 9.59 Å². The monoisotopic (exact) mass is 378 g/mol. The minimum Gasteiger partial charge on any atom is -0.326 e. The minimum absolute atomic E-state index is 0.198. The van der Waals surface area contributed by atoms with Crippen LogP contribution in [-0.4, -0.2) is 11.8 Å². The van der Waals surface area contributed by atoms with E-state index < -0.39 is 30.0 Å². The van der Waals surface area contributed by atoms with Crippen molar-refractivity contribution < 1.29 is 22.8 Å². The first-order valence-corrected chi connectivity index (χ1v) is 8.62. The lowest BCUT2D eigenvalue weighted by Crippen LogP contribution is -2.22. The van der Waals surface area contributed by atoms with Crippen LogP contribution >= 0.6 is 0 Å². The summed E-state index contributed by atoms with van der Waals surface area (Å²) in [6.07, 6.45) is -3.39. The fourth-order valence-corrected chi connectivity index (χ4v) is 2.68. The van der Waals surface area contributed by atoms with Gasteiger partial charge in [0, 0.05) is 11.4 Å². The van der Waals surface area contributed by atoms with Gasteiger partial charge in [-0.15, -0.1) is 0 Å². The average Bonchev–Trinajstić information content (AvgIpc) is 2.61. The molecule has 0 bridgehead atoms. The van der Waals surface area contributed by atoms with Gasteiger partial charge in [-0.1, -0.05) is 32.0 Å². The zero-order chi connectivity index (χ0) is 20.0. The normalized spacial score (nSPS) is 11.1. The Bertz CT molecular complexity index is 793. The second kappa shape index (κ2) is 8.70. The number of nitrogens with one attached hydrogen (secondary N) is 2. The maximum atomic E-state index is 12.5. The number of alkyl halides is 3. The zero-order valence-electron chi connectivity index (χ0n) is 15.1. The summed E-state index contributed by atoms with van der Waals surface area (Å²) in [6.45, 7) is 3.95. The molecular formula is C20H21F3N2O2. The van der Waals surface area contributed by atoms with Gasteiger partial charge in [0.2, 0.25) is 11.8 Å². The molecule has 2 aromatic carbocycles. The van der Waals surface area contributed by atoms with Gasteiger partial charge >= 0.3 is 6.18 Å². The van der Waals surface area contributed by atoms with Crippen molar-refractivity contribution in [3.05, 3.63) is 59.2 Å². The fourth-order valence-electron chi connectivity index (χ4n) is 2.68. The van der Waals surface area contributed by atoms with Crippen molar-refractivity contribution in [2.75, 3.05) is 10.6 Å². The SMILES string of the molecule is CCc1cccc(CC)c1NC(=O)CC(=O)Nc1ccc(C(F)(F)F)cc1. The zero-order valence-corrected chi connectivity index (χ0v) is 15.1. The van der Waals surface area contributed by atoms with Gasteiger partial charge in [-0.05, 0) is 48.2 Å². The maximum absolute atomic E-state index is 12.5. The number of aryl methyl sites for hydroxylation is 2. The fraction of sp³-hybridized carbons (Fsp3) is 0.300. The molecule has 2 N–H and O–H groups in total. The summed E-state index contributed by atoms with van der Waals surface area (Å²) in [5.74, 6) is -1.07. The molecule has 0 aromatic heterocycles. The number of anilines is 2. The van der Waals surface area contributed by atoms with Crippen LogP contribution in [0, 0.1) is 0 Å². The van der Waals surface area contributed by atoms with E-state index in [-0.39, 0.29) is 5.69 Å². The number of para-hydroxylation sites is 1. The summed E-state index contributed by atoms with van der Waals surface area (Å²) < 4.78 is 37.6. The van der Waals surface area contributed by atoms with Crippen LogP contribution in [0.2, 0.25) is 0 Å². The number of carbonyl (C=O) groups excluding carboxylic acids is 2. The van der Waals surface area contributed by atoms with Crippen LogP contribution < -0.4 is 10.6 Å². The Morgan fingerprint density at radius 1 is 0.852 bits per heavy atom. The number of hydrogen-bond donors (Lipinski definition) is 2. The quantitative estimate of drug-likeness (QED) is 0.710. The minimum atomic E-state index is -4.44. The van der Waals surface area contributed by atoms with Gasteiger partial charge in [0.25, 0.3) is 0 Å². The molecule has 2 rings (SSSR count). The third-order valence-electron chi connectivity index (χ3n) is 4.08. The lowest BCUT2D eigenvalue weighted by molar-refractivity contribution is -0.137. The first-order chi connectivity index (χ1) is 12.7. The van der Waals surface area contributed by atoms with Gasteiger partial charge in [-0.25, -0.2) is 0 Å². The van der Waals surface area contributed by atoms with Crippen molar-refractivity contribution in [3.8, 4) is 0 Å². The number of rotatable bonds is 6. The molecule has 0 aliphatic heterocycles. The molecule has 4 nitrogen and oxygen atoms in total. The summed E-state index contributed by atoms with van der Waals surface area (Å²) in [6, 6.07) is 9.81. The highest BCUT2D eigenvalue weighted by Gasteiger charge is 2.30. The van der Waals surface area contributed by atoms with Crippen LogP contribution in [0.4, 0.5) is 24.5 Å². The molecule has 0 radical (unpaired) electrons. The summed E-state index contributed by atoms with van der Waals surface area (Å²) in [5, 5.41) is 5.21. The second-order valence-corrected chi connectivity index (χ2v) is 6.01. The highest BCUT2D eigenvalue weighted by Crippen LogP contribution is 2.29.